The third-order valence-corrected chi connectivity index (χ3v) is 16.1. The number of amides is 1. The Hall–Kier alpha value is -2.83. The molecule has 0 bridgehead atoms. The van der Waals surface area contributed by atoms with E-state index in [1.54, 1.807) is 0 Å². The summed E-state index contributed by atoms with van der Waals surface area (Å²) in [6, 6.07) is -0.828. The fourth-order valence-corrected chi connectivity index (χ4v) is 10.7. The molecule has 0 radical (unpaired) electrons. The number of unbranched alkanes of at least 4 members (excludes halogenated alkanes) is 27. The van der Waals surface area contributed by atoms with Crippen molar-refractivity contribution in [2.75, 3.05) is 19.8 Å². The van der Waals surface area contributed by atoms with Gasteiger partial charge in [0.05, 0.1) is 32.0 Å². The molecule has 9 N–H and O–H groups in total. The number of allylic oxidation sites excluding steroid dienone is 14. The van der Waals surface area contributed by atoms with Crippen molar-refractivity contribution in [1.29, 1.82) is 0 Å². The third-order valence-electron chi connectivity index (χ3n) is 16.1. The Morgan fingerprint density at radius 2 is 0.821 bits per heavy atom. The summed E-state index contributed by atoms with van der Waals surface area (Å²) in [5.41, 5.74) is 0. The van der Waals surface area contributed by atoms with Crippen LogP contribution in [0.2, 0.25) is 0 Å². The van der Waals surface area contributed by atoms with E-state index in [2.05, 4.69) is 104 Å². The quantitative estimate of drug-likeness (QED) is 0.0204. The lowest BCUT2D eigenvalue weighted by molar-refractivity contribution is -0.359. The van der Waals surface area contributed by atoms with Gasteiger partial charge in [0.15, 0.2) is 12.6 Å². The number of nitrogens with one attached hydrogen (secondary N) is 1. The lowest BCUT2D eigenvalue weighted by Crippen LogP contribution is -2.65. The zero-order valence-electron chi connectivity index (χ0n) is 52.6. The average molecular weight is 1190 g/mol. The van der Waals surface area contributed by atoms with Crippen molar-refractivity contribution >= 4 is 5.91 Å². The molecule has 0 aromatic heterocycles. The van der Waals surface area contributed by atoms with Crippen LogP contribution in [0.15, 0.2) is 85.1 Å². The standard InChI is InChI=1S/C70H123NO13/c1-3-5-7-9-11-13-14-15-16-17-18-19-20-21-22-23-24-25-26-27-28-29-30-31-32-33-34-35-36-37-38-39-40-41-42-43-44-46-48-50-52-54-62(75)71-58(59(74)53-51-49-47-45-12-10-8-6-4-2)57-81-69-67(80)65(78)68(61(56-73)83-69)84-70-66(79)64(77)63(76)60(55-72)82-70/h5,7,11,13,15-16,18-19,21-22,24-25,27-28,58-61,63-70,72-74,76-80H,3-4,6,8-10,12,14,17,20,23,26,29-57H2,1-2H3,(H,71,75)/b7-5-,13-11-,16-15-,19-18-,22-21-,25-24-,28-27-. The number of hydrogen-bond donors (Lipinski definition) is 9. The predicted octanol–water partition coefficient (Wildman–Crippen LogP) is 13.2. The maximum atomic E-state index is 13.3. The molecule has 84 heavy (non-hydrogen) atoms. The Bertz CT molecular complexity index is 1730. The van der Waals surface area contributed by atoms with Crippen LogP contribution >= 0.6 is 0 Å². The summed E-state index contributed by atoms with van der Waals surface area (Å²) < 4.78 is 22.8. The Labute approximate surface area is 510 Å². The van der Waals surface area contributed by atoms with E-state index in [1.165, 1.54) is 135 Å². The Balaban J connectivity index is 1.52. The Morgan fingerprint density at radius 3 is 1.26 bits per heavy atom. The van der Waals surface area contributed by atoms with Crippen LogP contribution in [0.4, 0.5) is 0 Å². The molecule has 486 valence electrons. The van der Waals surface area contributed by atoms with Crippen LogP contribution < -0.4 is 5.32 Å². The van der Waals surface area contributed by atoms with Gasteiger partial charge in [0.25, 0.3) is 0 Å². The number of carbonyl (C=O) groups excluding carboxylic acids is 1. The van der Waals surface area contributed by atoms with Gasteiger partial charge in [-0.15, -0.1) is 0 Å². The van der Waals surface area contributed by atoms with E-state index < -0.39 is 86.8 Å². The SMILES string of the molecule is CC/C=C\C/C=C\C/C=C\C/C=C\C/C=C\C/C=C\C/C=C\CCCCCCCCCCCCCCCCCCCCCC(=O)NC(COC1OC(CO)C(OC2OC(CO)C(O)C(O)C2O)C(O)C1O)C(O)CCCCCCCCCCC. The largest absolute Gasteiger partial charge is 0.394 e. The van der Waals surface area contributed by atoms with Crippen LogP contribution in [0, 0.1) is 0 Å². The number of aliphatic hydroxyl groups excluding tert-OH is 8. The second-order valence-corrected chi connectivity index (χ2v) is 23.6. The number of carbonyl (C=O) groups is 1. The van der Waals surface area contributed by atoms with Gasteiger partial charge in [-0.3, -0.25) is 4.79 Å². The van der Waals surface area contributed by atoms with E-state index in [9.17, 15) is 45.6 Å². The van der Waals surface area contributed by atoms with Gasteiger partial charge in [-0.05, 0) is 70.6 Å². The van der Waals surface area contributed by atoms with Crippen molar-refractivity contribution in [3.05, 3.63) is 85.1 Å². The van der Waals surface area contributed by atoms with Gasteiger partial charge in [-0.1, -0.05) is 266 Å². The molecule has 14 nitrogen and oxygen atoms in total. The van der Waals surface area contributed by atoms with Crippen molar-refractivity contribution in [3.63, 3.8) is 0 Å². The molecule has 0 saturated carbocycles. The van der Waals surface area contributed by atoms with Crippen molar-refractivity contribution in [2.45, 2.75) is 331 Å². The Morgan fingerprint density at radius 1 is 0.440 bits per heavy atom. The summed E-state index contributed by atoms with van der Waals surface area (Å²) >= 11 is 0. The molecule has 2 heterocycles. The van der Waals surface area contributed by atoms with Crippen LogP contribution in [-0.4, -0.2) is 140 Å². The van der Waals surface area contributed by atoms with Gasteiger partial charge in [-0.25, -0.2) is 0 Å². The molecule has 2 rings (SSSR count). The molecule has 1 amide bonds. The number of rotatable bonds is 54. The molecule has 2 fully saturated rings. The molecule has 12 atom stereocenters. The van der Waals surface area contributed by atoms with Gasteiger partial charge in [0.2, 0.25) is 5.91 Å². The second-order valence-electron chi connectivity index (χ2n) is 23.6. The summed E-state index contributed by atoms with van der Waals surface area (Å²) in [5, 5.41) is 87.1. The zero-order valence-corrected chi connectivity index (χ0v) is 52.6. The fraction of sp³-hybridized carbons (Fsp3) is 0.786. The molecule has 0 aliphatic carbocycles. The van der Waals surface area contributed by atoms with Crippen LogP contribution in [-0.2, 0) is 23.7 Å². The van der Waals surface area contributed by atoms with Crippen LogP contribution in [0.1, 0.15) is 258 Å². The molecule has 14 heteroatoms. The lowest BCUT2D eigenvalue weighted by atomic mass is 9.97. The summed E-state index contributed by atoms with van der Waals surface area (Å²) in [4.78, 5) is 13.3. The normalized spacial score (nSPS) is 24.2. The van der Waals surface area contributed by atoms with E-state index in [4.69, 9.17) is 18.9 Å². The molecule has 0 spiro atoms. The first-order chi connectivity index (χ1) is 41.1. The highest BCUT2D eigenvalue weighted by atomic mass is 16.7. The smallest absolute Gasteiger partial charge is 0.220 e. The number of hydrogen-bond acceptors (Lipinski definition) is 13. The number of aliphatic hydroxyl groups is 8. The Kier molecular flexibility index (Phi) is 50.0. The van der Waals surface area contributed by atoms with E-state index in [0.29, 0.717) is 12.8 Å². The van der Waals surface area contributed by atoms with E-state index >= 15 is 0 Å². The number of ether oxygens (including phenoxy) is 4. The lowest BCUT2D eigenvalue weighted by Gasteiger charge is -2.46. The van der Waals surface area contributed by atoms with Crippen LogP contribution in [0.5, 0.6) is 0 Å². The molecule has 0 aromatic rings. The van der Waals surface area contributed by atoms with Gasteiger partial charge < -0.3 is 65.1 Å². The summed E-state index contributed by atoms with van der Waals surface area (Å²) in [5.74, 6) is -0.208. The highest BCUT2D eigenvalue weighted by Gasteiger charge is 2.51. The van der Waals surface area contributed by atoms with Crippen LogP contribution in [0.3, 0.4) is 0 Å². The fourth-order valence-electron chi connectivity index (χ4n) is 10.7. The van der Waals surface area contributed by atoms with Gasteiger partial charge in [0, 0.05) is 6.42 Å². The first-order valence-corrected chi connectivity index (χ1v) is 33.8. The van der Waals surface area contributed by atoms with Gasteiger partial charge in [0.1, 0.15) is 48.8 Å². The molecule has 12 unspecified atom stereocenters. The summed E-state index contributed by atoms with van der Waals surface area (Å²) in [6.45, 7) is 2.72. The van der Waals surface area contributed by atoms with Crippen molar-refractivity contribution in [1.82, 2.24) is 5.32 Å². The van der Waals surface area contributed by atoms with Gasteiger partial charge >= 0.3 is 0 Å². The molecule has 2 saturated heterocycles. The maximum absolute atomic E-state index is 13.3. The maximum Gasteiger partial charge on any atom is 0.220 e. The van der Waals surface area contributed by atoms with E-state index in [-0.39, 0.29) is 12.5 Å². The van der Waals surface area contributed by atoms with Crippen molar-refractivity contribution in [3.8, 4) is 0 Å². The summed E-state index contributed by atoms with van der Waals surface area (Å²) in [7, 11) is 0. The summed E-state index contributed by atoms with van der Waals surface area (Å²) in [6.07, 6.45) is 57.8. The van der Waals surface area contributed by atoms with E-state index in [1.807, 2.05) is 0 Å². The molecular weight excluding hydrogens is 1060 g/mol. The monoisotopic (exact) mass is 1190 g/mol. The van der Waals surface area contributed by atoms with Crippen LogP contribution in [0.25, 0.3) is 0 Å². The highest BCUT2D eigenvalue weighted by molar-refractivity contribution is 5.76. The van der Waals surface area contributed by atoms with E-state index in [0.717, 1.165) is 96.3 Å². The first-order valence-electron chi connectivity index (χ1n) is 33.8. The first kappa shape index (κ1) is 77.3. The minimum Gasteiger partial charge on any atom is -0.394 e. The topological polar surface area (TPSA) is 228 Å². The predicted molar refractivity (Wildman–Crippen MR) is 341 cm³/mol. The second kappa shape index (κ2) is 54.3. The molecule has 2 aliphatic heterocycles. The molecule has 2 aliphatic rings. The average Bonchev–Trinajstić information content (AvgIpc) is 2.28. The minimum atomic E-state index is -1.78. The third kappa shape index (κ3) is 38.4. The minimum absolute atomic E-state index is 0.208. The van der Waals surface area contributed by atoms with Crippen molar-refractivity contribution in [2.24, 2.45) is 0 Å². The molecule has 0 aromatic carbocycles. The van der Waals surface area contributed by atoms with Gasteiger partial charge in [-0.2, -0.15) is 0 Å². The zero-order chi connectivity index (χ0) is 60.9. The molecular formula is C70H123NO13. The highest BCUT2D eigenvalue weighted by Crippen LogP contribution is 2.30. The van der Waals surface area contributed by atoms with Crippen molar-refractivity contribution < 1.29 is 64.6 Å².